The quantitative estimate of drug-likeness (QED) is 0.872. The average molecular weight is 335 g/mol. The van der Waals surface area contributed by atoms with Crippen LogP contribution < -0.4 is 5.73 Å². The van der Waals surface area contributed by atoms with Crippen molar-refractivity contribution in [2.75, 3.05) is 0 Å². The molecule has 1 heterocycles. The van der Waals surface area contributed by atoms with Gasteiger partial charge in [-0.2, -0.15) is 0 Å². The highest BCUT2D eigenvalue weighted by molar-refractivity contribution is 9.10. The van der Waals surface area contributed by atoms with Gasteiger partial charge in [-0.3, -0.25) is 0 Å². The first-order valence-corrected chi connectivity index (χ1v) is 6.55. The van der Waals surface area contributed by atoms with Crippen LogP contribution in [0.15, 0.2) is 34.1 Å². The molecule has 5 heteroatoms. The number of benzene rings is 1. The zero-order valence-corrected chi connectivity index (χ0v) is 12.4. The molecule has 1 aromatic carbocycles. The molecule has 0 bridgehead atoms. The molecule has 0 radical (unpaired) electrons. The van der Waals surface area contributed by atoms with E-state index < -0.39 is 0 Å². The van der Waals surface area contributed by atoms with E-state index in [1.807, 2.05) is 36.6 Å². The summed E-state index contributed by atoms with van der Waals surface area (Å²) in [6.07, 6.45) is 0. The number of nitrogens with two attached hydrogens (primary N) is 1. The van der Waals surface area contributed by atoms with Crippen molar-refractivity contribution in [2.45, 2.75) is 13.0 Å². The number of aryl methyl sites for hydroxylation is 1. The van der Waals surface area contributed by atoms with Gasteiger partial charge in [-0.1, -0.05) is 22.0 Å². The van der Waals surface area contributed by atoms with Gasteiger partial charge in [0.1, 0.15) is 5.75 Å². The molecule has 0 saturated carbocycles. The van der Waals surface area contributed by atoms with E-state index in [9.17, 15) is 5.11 Å². The van der Waals surface area contributed by atoms with Gasteiger partial charge in [-0.25, -0.2) is 0 Å². The van der Waals surface area contributed by atoms with Crippen LogP contribution in [0.5, 0.6) is 5.75 Å². The Labute approximate surface area is 119 Å². The number of phenols is 1. The van der Waals surface area contributed by atoms with Crippen LogP contribution in [0.3, 0.4) is 0 Å². The minimum absolute atomic E-state index is 0. The number of thiophene rings is 1. The van der Waals surface area contributed by atoms with Crippen molar-refractivity contribution in [1.82, 2.24) is 0 Å². The lowest BCUT2D eigenvalue weighted by Gasteiger charge is -2.14. The predicted molar refractivity (Wildman–Crippen MR) is 78.1 cm³/mol. The van der Waals surface area contributed by atoms with Crippen LogP contribution in [0.2, 0.25) is 0 Å². The molecule has 2 aromatic rings. The number of phenolic OH excluding ortho intramolecular Hbond substituents is 1. The van der Waals surface area contributed by atoms with Gasteiger partial charge >= 0.3 is 0 Å². The Kier molecular flexibility index (Phi) is 5.01. The van der Waals surface area contributed by atoms with Crippen molar-refractivity contribution in [3.63, 3.8) is 0 Å². The molecule has 0 fully saturated rings. The Bertz CT molecular complexity index is 501. The number of aromatic hydroxyl groups is 1. The highest BCUT2D eigenvalue weighted by atomic mass is 79.9. The standard InChI is InChI=1S/C12H12BrNOS.ClH/c1-7-5-8(13)6-9(12(7)15)11(14)10-3-2-4-16-10;/h2-6,11,15H,14H2,1H3;1H/t11-;/m1./s1. The van der Waals surface area contributed by atoms with Crippen LogP contribution >= 0.6 is 39.7 Å². The van der Waals surface area contributed by atoms with E-state index in [0.717, 1.165) is 20.5 Å². The van der Waals surface area contributed by atoms with E-state index in [1.54, 1.807) is 11.3 Å². The SMILES string of the molecule is Cc1cc(Br)cc([C@@H](N)c2cccs2)c1O.Cl. The van der Waals surface area contributed by atoms with E-state index in [2.05, 4.69) is 15.9 Å². The fraction of sp³-hybridized carbons (Fsp3) is 0.167. The third-order valence-corrected chi connectivity index (χ3v) is 3.89. The Hall–Kier alpha value is -0.550. The summed E-state index contributed by atoms with van der Waals surface area (Å²) in [4.78, 5) is 1.05. The Balaban J connectivity index is 0.00000144. The molecule has 1 atom stereocenters. The minimum atomic E-state index is -0.267. The molecule has 92 valence electrons. The van der Waals surface area contributed by atoms with Crippen LogP contribution in [0.4, 0.5) is 0 Å². The van der Waals surface area contributed by atoms with Crippen LogP contribution in [0.25, 0.3) is 0 Å². The Morgan fingerprint density at radius 3 is 2.71 bits per heavy atom. The summed E-state index contributed by atoms with van der Waals surface area (Å²) < 4.78 is 0.935. The molecule has 2 rings (SSSR count). The molecule has 0 aliphatic heterocycles. The highest BCUT2D eigenvalue weighted by Gasteiger charge is 2.16. The summed E-state index contributed by atoms with van der Waals surface area (Å²) >= 11 is 5.01. The second-order valence-corrected chi connectivity index (χ2v) is 5.55. The van der Waals surface area contributed by atoms with Gasteiger partial charge in [0.25, 0.3) is 0 Å². The Morgan fingerprint density at radius 2 is 2.12 bits per heavy atom. The summed E-state index contributed by atoms with van der Waals surface area (Å²) in [6, 6.07) is 7.41. The molecule has 2 nitrogen and oxygen atoms in total. The van der Waals surface area contributed by atoms with E-state index >= 15 is 0 Å². The average Bonchev–Trinajstić information content (AvgIpc) is 2.75. The maximum absolute atomic E-state index is 10.00. The monoisotopic (exact) mass is 333 g/mol. The molecule has 0 aliphatic carbocycles. The number of hydrogen-bond donors (Lipinski definition) is 2. The molecule has 17 heavy (non-hydrogen) atoms. The Morgan fingerprint density at radius 1 is 1.41 bits per heavy atom. The van der Waals surface area contributed by atoms with Crippen molar-refractivity contribution >= 4 is 39.7 Å². The molecule has 0 aliphatic rings. The van der Waals surface area contributed by atoms with E-state index in [0.29, 0.717) is 0 Å². The normalized spacial score (nSPS) is 11.9. The summed E-state index contributed by atoms with van der Waals surface area (Å²) in [7, 11) is 0. The lowest BCUT2D eigenvalue weighted by molar-refractivity contribution is 0.461. The summed E-state index contributed by atoms with van der Waals surface area (Å²) in [5.41, 5.74) is 7.72. The van der Waals surface area contributed by atoms with Crippen molar-refractivity contribution in [3.05, 3.63) is 50.1 Å². The fourth-order valence-electron chi connectivity index (χ4n) is 1.62. The first-order valence-electron chi connectivity index (χ1n) is 4.87. The molecule has 1 aromatic heterocycles. The summed E-state index contributed by atoms with van der Waals surface area (Å²) in [5.74, 6) is 0.282. The number of halogens is 2. The van der Waals surface area contributed by atoms with Gasteiger partial charge in [0.15, 0.2) is 0 Å². The lowest BCUT2D eigenvalue weighted by Crippen LogP contribution is -2.10. The van der Waals surface area contributed by atoms with Crippen LogP contribution in [-0.4, -0.2) is 5.11 Å². The first kappa shape index (κ1) is 14.5. The molecule has 0 unspecified atom stereocenters. The molecule has 3 N–H and O–H groups in total. The van der Waals surface area contributed by atoms with E-state index in [4.69, 9.17) is 5.73 Å². The third kappa shape index (κ3) is 3.01. The fourth-order valence-corrected chi connectivity index (χ4v) is 2.95. The van der Waals surface area contributed by atoms with Crippen LogP contribution in [0, 0.1) is 6.92 Å². The molecule has 0 amide bonds. The number of rotatable bonds is 2. The molecule has 0 saturated heterocycles. The van der Waals surface area contributed by atoms with Gasteiger partial charge in [-0.05, 0) is 36.1 Å². The lowest BCUT2D eigenvalue weighted by atomic mass is 10.0. The van der Waals surface area contributed by atoms with Gasteiger partial charge in [0.05, 0.1) is 6.04 Å². The first-order chi connectivity index (χ1) is 7.59. The van der Waals surface area contributed by atoms with E-state index in [1.165, 1.54) is 0 Å². The van der Waals surface area contributed by atoms with E-state index in [-0.39, 0.29) is 24.2 Å². The maximum Gasteiger partial charge on any atom is 0.123 e. The molecular formula is C12H13BrClNOS. The van der Waals surface area contributed by atoms with Crippen LogP contribution in [-0.2, 0) is 0 Å². The second-order valence-electron chi connectivity index (χ2n) is 3.65. The predicted octanol–water partition coefficient (Wildman–Crippen LogP) is 3.99. The molecular weight excluding hydrogens is 322 g/mol. The topological polar surface area (TPSA) is 46.2 Å². The zero-order chi connectivity index (χ0) is 11.7. The molecule has 0 spiro atoms. The summed E-state index contributed by atoms with van der Waals surface area (Å²) in [6.45, 7) is 1.87. The summed E-state index contributed by atoms with van der Waals surface area (Å²) in [5, 5.41) is 12.0. The van der Waals surface area contributed by atoms with Crippen molar-refractivity contribution in [3.8, 4) is 5.75 Å². The third-order valence-electron chi connectivity index (χ3n) is 2.48. The van der Waals surface area contributed by atoms with Crippen LogP contribution in [0.1, 0.15) is 22.0 Å². The van der Waals surface area contributed by atoms with Gasteiger partial charge in [0.2, 0.25) is 0 Å². The van der Waals surface area contributed by atoms with Crippen molar-refractivity contribution in [1.29, 1.82) is 0 Å². The van der Waals surface area contributed by atoms with Crippen molar-refractivity contribution < 1.29 is 5.11 Å². The van der Waals surface area contributed by atoms with Crippen molar-refractivity contribution in [2.24, 2.45) is 5.73 Å². The number of hydrogen-bond acceptors (Lipinski definition) is 3. The minimum Gasteiger partial charge on any atom is -0.507 e. The van der Waals surface area contributed by atoms with Gasteiger partial charge < -0.3 is 10.8 Å². The maximum atomic E-state index is 10.00. The van der Waals surface area contributed by atoms with Gasteiger partial charge in [0, 0.05) is 14.9 Å². The second kappa shape index (κ2) is 5.87. The highest BCUT2D eigenvalue weighted by Crippen LogP contribution is 2.34. The zero-order valence-electron chi connectivity index (χ0n) is 9.18. The largest absolute Gasteiger partial charge is 0.507 e. The smallest absolute Gasteiger partial charge is 0.123 e. The van der Waals surface area contributed by atoms with Gasteiger partial charge in [-0.15, -0.1) is 23.7 Å².